The number of nitrogens with zero attached hydrogens (tertiary/aromatic N) is 2. The van der Waals surface area contributed by atoms with Crippen LogP contribution in [0.5, 0.6) is 17.2 Å². The molecule has 2 heterocycles. The molecule has 8 heteroatoms. The third-order valence-electron chi connectivity index (χ3n) is 4.50. The molecule has 5 nitrogen and oxygen atoms in total. The lowest BCUT2D eigenvalue weighted by atomic mass is 10.1. The molecule has 4 rings (SSSR count). The van der Waals surface area contributed by atoms with Crippen LogP contribution in [0.15, 0.2) is 41.2 Å². The number of rotatable bonds is 3. The number of benzene rings is 2. The maximum atomic E-state index is 14.6. The predicted octanol–water partition coefficient (Wildman–Crippen LogP) is 5.05. The average Bonchev–Trinajstić information content (AvgIpc) is 2.89. The third kappa shape index (κ3) is 3.19. The van der Waals surface area contributed by atoms with Crippen LogP contribution in [0.4, 0.5) is 4.39 Å². The summed E-state index contributed by atoms with van der Waals surface area (Å²) in [5, 5.41) is 9.81. The van der Waals surface area contributed by atoms with Crippen molar-refractivity contribution in [3.05, 3.63) is 62.7 Å². The molecule has 1 N–H and O–H groups in total. The lowest BCUT2D eigenvalue weighted by Gasteiger charge is -2.17. The smallest absolute Gasteiger partial charge is 0.276 e. The summed E-state index contributed by atoms with van der Waals surface area (Å²) in [6, 6.07) is 8.57. The Bertz CT molecular complexity index is 1090. The summed E-state index contributed by atoms with van der Waals surface area (Å²) in [5.74, 6) is -0.157. The van der Waals surface area contributed by atoms with Gasteiger partial charge in [-0.1, -0.05) is 29.3 Å². The van der Waals surface area contributed by atoms with Gasteiger partial charge < -0.3 is 9.84 Å². The van der Waals surface area contributed by atoms with Crippen LogP contribution in [0.3, 0.4) is 0 Å². The highest BCUT2D eigenvalue weighted by Crippen LogP contribution is 2.38. The first kappa shape index (κ1) is 17.9. The number of ether oxygens (including phenoxy) is 1. The Labute approximate surface area is 164 Å². The summed E-state index contributed by atoms with van der Waals surface area (Å²) < 4.78 is 23.5. The molecule has 0 atom stereocenters. The van der Waals surface area contributed by atoms with Crippen LogP contribution >= 0.6 is 23.2 Å². The quantitative estimate of drug-likeness (QED) is 0.659. The zero-order chi connectivity index (χ0) is 19.1. The van der Waals surface area contributed by atoms with E-state index >= 15 is 0 Å². The minimum Gasteiger partial charge on any atom is -0.508 e. The molecule has 0 aliphatic carbocycles. The second-order valence-electron chi connectivity index (χ2n) is 6.29. The lowest BCUT2D eigenvalue weighted by Crippen LogP contribution is -2.27. The molecule has 0 saturated heterocycles. The molecule has 0 amide bonds. The Morgan fingerprint density at radius 3 is 2.52 bits per heavy atom. The number of aromatic hydroxyl groups is 1. The Balaban J connectivity index is 1.83. The van der Waals surface area contributed by atoms with Crippen molar-refractivity contribution in [1.82, 2.24) is 9.36 Å². The van der Waals surface area contributed by atoms with Crippen molar-refractivity contribution in [2.24, 2.45) is 0 Å². The fraction of sp³-hybridized carbons (Fsp3) is 0.211. The number of aromatic nitrogens is 2. The number of halogens is 3. The number of fused-ring (bicyclic) bond motifs is 1. The largest absolute Gasteiger partial charge is 0.508 e. The van der Waals surface area contributed by atoms with E-state index in [0.29, 0.717) is 18.8 Å². The van der Waals surface area contributed by atoms with Gasteiger partial charge >= 0.3 is 0 Å². The maximum absolute atomic E-state index is 14.6. The topological polar surface area (TPSA) is 56.4 Å². The first-order valence-electron chi connectivity index (χ1n) is 8.41. The van der Waals surface area contributed by atoms with Gasteiger partial charge in [0.25, 0.3) is 5.56 Å². The van der Waals surface area contributed by atoms with E-state index in [1.807, 2.05) is 0 Å². The minimum atomic E-state index is -0.661. The van der Waals surface area contributed by atoms with Crippen molar-refractivity contribution in [1.29, 1.82) is 0 Å². The summed E-state index contributed by atoms with van der Waals surface area (Å²) in [5.41, 5.74) is -0.225. The molecule has 0 saturated carbocycles. The predicted molar refractivity (Wildman–Crippen MR) is 102 cm³/mol. The van der Waals surface area contributed by atoms with E-state index in [4.69, 9.17) is 27.9 Å². The molecule has 0 bridgehead atoms. The van der Waals surface area contributed by atoms with E-state index in [-0.39, 0.29) is 38.4 Å². The zero-order valence-corrected chi connectivity index (χ0v) is 15.6. The van der Waals surface area contributed by atoms with E-state index in [1.165, 1.54) is 22.9 Å². The number of phenolic OH excluding ortho intramolecular Hbond substituents is 1. The highest BCUT2D eigenvalue weighted by molar-refractivity contribution is 6.33. The number of hydrogen-bond donors (Lipinski definition) is 1. The SMILES string of the molecule is O=c1c(-c2cc(Oc3cccc(O)c3)c(Cl)cc2F)c(Cl)n2n1CCCC2. The highest BCUT2D eigenvalue weighted by Gasteiger charge is 2.25. The molecule has 3 aromatic rings. The Kier molecular flexibility index (Phi) is 4.61. The van der Waals surface area contributed by atoms with E-state index in [2.05, 4.69) is 0 Å². The molecule has 0 fully saturated rings. The maximum Gasteiger partial charge on any atom is 0.276 e. The van der Waals surface area contributed by atoms with Crippen LogP contribution in [-0.2, 0) is 13.1 Å². The van der Waals surface area contributed by atoms with E-state index < -0.39 is 5.82 Å². The van der Waals surface area contributed by atoms with Crippen LogP contribution in [0.2, 0.25) is 10.2 Å². The van der Waals surface area contributed by atoms with Crippen molar-refractivity contribution in [3.63, 3.8) is 0 Å². The molecule has 0 spiro atoms. The van der Waals surface area contributed by atoms with Crippen LogP contribution in [-0.4, -0.2) is 14.5 Å². The van der Waals surface area contributed by atoms with Gasteiger partial charge in [-0.05, 0) is 37.1 Å². The molecule has 1 aliphatic heterocycles. The molecule has 0 radical (unpaired) electrons. The van der Waals surface area contributed by atoms with Gasteiger partial charge in [0.1, 0.15) is 28.2 Å². The van der Waals surface area contributed by atoms with E-state index in [9.17, 15) is 14.3 Å². The summed E-state index contributed by atoms with van der Waals surface area (Å²) in [4.78, 5) is 12.8. The van der Waals surface area contributed by atoms with Crippen molar-refractivity contribution < 1.29 is 14.2 Å². The molecular weight excluding hydrogens is 394 g/mol. The van der Waals surface area contributed by atoms with Crippen molar-refractivity contribution in [2.75, 3.05) is 0 Å². The van der Waals surface area contributed by atoms with Gasteiger partial charge in [0.05, 0.1) is 10.6 Å². The van der Waals surface area contributed by atoms with Gasteiger partial charge in [-0.15, -0.1) is 0 Å². The van der Waals surface area contributed by atoms with Crippen LogP contribution < -0.4 is 10.3 Å². The molecule has 2 aromatic carbocycles. The third-order valence-corrected chi connectivity index (χ3v) is 5.18. The van der Waals surface area contributed by atoms with Gasteiger partial charge in [0.2, 0.25) is 0 Å². The number of hydrogen-bond acceptors (Lipinski definition) is 3. The second-order valence-corrected chi connectivity index (χ2v) is 7.05. The molecule has 1 aromatic heterocycles. The first-order valence-corrected chi connectivity index (χ1v) is 9.16. The van der Waals surface area contributed by atoms with Gasteiger partial charge in [0.15, 0.2) is 0 Å². The van der Waals surface area contributed by atoms with Gasteiger partial charge in [-0.25, -0.2) is 9.07 Å². The number of phenols is 1. The van der Waals surface area contributed by atoms with Crippen LogP contribution in [0.1, 0.15) is 12.8 Å². The molecular formula is C19H15Cl2FN2O3. The van der Waals surface area contributed by atoms with E-state index in [0.717, 1.165) is 18.9 Å². The molecule has 0 unspecified atom stereocenters. The van der Waals surface area contributed by atoms with Crippen molar-refractivity contribution in [3.8, 4) is 28.4 Å². The van der Waals surface area contributed by atoms with Crippen molar-refractivity contribution >= 4 is 23.2 Å². The minimum absolute atomic E-state index is 0.0207. The second kappa shape index (κ2) is 6.94. The molecule has 140 valence electrons. The normalized spacial score (nSPS) is 13.4. The van der Waals surface area contributed by atoms with Crippen LogP contribution in [0, 0.1) is 5.82 Å². The molecule has 27 heavy (non-hydrogen) atoms. The van der Waals surface area contributed by atoms with Gasteiger partial charge in [-0.2, -0.15) is 0 Å². The fourth-order valence-corrected chi connectivity index (χ4v) is 3.77. The zero-order valence-electron chi connectivity index (χ0n) is 14.1. The van der Waals surface area contributed by atoms with E-state index in [1.54, 1.807) is 16.8 Å². The van der Waals surface area contributed by atoms with Gasteiger partial charge in [0, 0.05) is 24.7 Å². The lowest BCUT2D eigenvalue weighted by molar-refractivity contribution is 0.356. The highest BCUT2D eigenvalue weighted by atomic mass is 35.5. The van der Waals surface area contributed by atoms with Crippen LogP contribution in [0.25, 0.3) is 11.1 Å². The average molecular weight is 409 g/mol. The summed E-state index contributed by atoms with van der Waals surface area (Å²) in [7, 11) is 0. The summed E-state index contributed by atoms with van der Waals surface area (Å²) in [6.45, 7) is 1.15. The Morgan fingerprint density at radius 2 is 1.81 bits per heavy atom. The monoisotopic (exact) mass is 408 g/mol. The van der Waals surface area contributed by atoms with Gasteiger partial charge in [-0.3, -0.25) is 9.48 Å². The Morgan fingerprint density at radius 1 is 1.07 bits per heavy atom. The summed E-state index contributed by atoms with van der Waals surface area (Å²) >= 11 is 12.5. The fourth-order valence-electron chi connectivity index (χ4n) is 3.23. The Hall–Kier alpha value is -2.44. The first-order chi connectivity index (χ1) is 13.0. The summed E-state index contributed by atoms with van der Waals surface area (Å²) in [6.07, 6.45) is 1.77. The van der Waals surface area contributed by atoms with Crippen molar-refractivity contribution in [2.45, 2.75) is 25.9 Å². The standard InChI is InChI=1S/C19H15Cl2FN2O3/c20-14-10-15(22)13(9-16(14)27-12-5-3-4-11(25)8-12)17-18(21)23-6-1-2-7-24(23)19(17)26/h3-5,8-10,25H,1-2,6-7H2. The molecule has 1 aliphatic rings.